The second-order valence-corrected chi connectivity index (χ2v) is 8.39. The van der Waals surface area contributed by atoms with E-state index >= 15 is 0 Å². The van der Waals surface area contributed by atoms with Crippen LogP contribution in [0.4, 0.5) is 15.8 Å². The Morgan fingerprint density at radius 2 is 1.65 bits per heavy atom. The van der Waals surface area contributed by atoms with Crippen molar-refractivity contribution in [3.05, 3.63) is 71.5 Å². The van der Waals surface area contributed by atoms with Crippen molar-refractivity contribution >= 4 is 39.9 Å². The summed E-state index contributed by atoms with van der Waals surface area (Å²) in [6.45, 7) is 2.48. The maximum atomic E-state index is 14.6. The maximum absolute atomic E-state index is 14.6. The molecule has 1 saturated heterocycles. The van der Waals surface area contributed by atoms with E-state index in [0.29, 0.717) is 60.6 Å². The average Bonchev–Trinajstić information content (AvgIpc) is 2.85. The summed E-state index contributed by atoms with van der Waals surface area (Å²) in [5, 5.41) is 4.22. The summed E-state index contributed by atoms with van der Waals surface area (Å²) in [5.41, 5.74) is 1.84. The molecule has 2 aliphatic rings. The van der Waals surface area contributed by atoms with Crippen molar-refractivity contribution in [1.82, 2.24) is 4.90 Å². The normalized spacial score (nSPS) is 15.7. The molecule has 1 N–H and O–H groups in total. The minimum atomic E-state index is -0.406. The third-order valence-corrected chi connectivity index (χ3v) is 6.22. The molecule has 2 heterocycles. The van der Waals surface area contributed by atoms with E-state index in [4.69, 9.17) is 4.74 Å². The topological polar surface area (TPSA) is 79.0 Å². The first-order valence-electron chi connectivity index (χ1n) is 11.3. The summed E-state index contributed by atoms with van der Waals surface area (Å²) >= 11 is 0. The monoisotopic (exact) mass is 461 g/mol. The van der Waals surface area contributed by atoms with Gasteiger partial charge in [-0.3, -0.25) is 19.3 Å². The van der Waals surface area contributed by atoms with Crippen LogP contribution in [-0.4, -0.2) is 55.5 Å². The van der Waals surface area contributed by atoms with E-state index in [-0.39, 0.29) is 30.7 Å². The van der Waals surface area contributed by atoms with Gasteiger partial charge in [-0.1, -0.05) is 24.3 Å². The minimum Gasteiger partial charge on any atom is -0.378 e. The number of hydrogen-bond acceptors (Lipinski definition) is 5. The van der Waals surface area contributed by atoms with Gasteiger partial charge in [0, 0.05) is 48.3 Å². The molecule has 7 nitrogen and oxygen atoms in total. The van der Waals surface area contributed by atoms with Gasteiger partial charge in [-0.25, -0.2) is 4.39 Å². The zero-order chi connectivity index (χ0) is 23.7. The summed E-state index contributed by atoms with van der Waals surface area (Å²) < 4.78 is 19.9. The molecular weight excluding hydrogens is 437 g/mol. The van der Waals surface area contributed by atoms with Crippen LogP contribution in [0.3, 0.4) is 0 Å². The number of nitrogens with one attached hydrogen (secondary N) is 1. The maximum Gasteiger partial charge on any atom is 0.261 e. The molecule has 0 aliphatic carbocycles. The van der Waals surface area contributed by atoms with E-state index in [1.54, 1.807) is 36.4 Å². The number of halogens is 1. The molecule has 0 radical (unpaired) electrons. The lowest BCUT2D eigenvalue weighted by Crippen LogP contribution is -2.41. The highest BCUT2D eigenvalue weighted by molar-refractivity contribution is 6.25. The molecule has 0 aromatic heterocycles. The van der Waals surface area contributed by atoms with Crippen LogP contribution in [-0.2, 0) is 9.53 Å². The van der Waals surface area contributed by atoms with Gasteiger partial charge in [0.15, 0.2) is 0 Å². The van der Waals surface area contributed by atoms with Gasteiger partial charge in [0.1, 0.15) is 5.82 Å². The van der Waals surface area contributed by atoms with Crippen LogP contribution < -0.4 is 10.2 Å². The van der Waals surface area contributed by atoms with Crippen molar-refractivity contribution in [1.29, 1.82) is 0 Å². The number of hydrogen-bond donors (Lipinski definition) is 1. The Hall–Kier alpha value is -3.78. The standard InChI is InChI=1S/C26H24FN3O4/c27-21-16-18(9-10-22(21)29-12-14-34-15-13-29)28-23(31)8-3-11-30-25(32)19-6-1-4-17-5-2-7-20(24(17)19)26(30)33/h1-2,4-7,9-10,16H,3,8,11-15H2,(H,28,31). The summed E-state index contributed by atoms with van der Waals surface area (Å²) in [4.78, 5) is 41.4. The number of carbonyl (C=O) groups excluding carboxylic acids is 3. The van der Waals surface area contributed by atoms with Crippen LogP contribution in [0.15, 0.2) is 54.6 Å². The van der Waals surface area contributed by atoms with Gasteiger partial charge in [0.25, 0.3) is 11.8 Å². The highest BCUT2D eigenvalue weighted by Crippen LogP contribution is 2.30. The Morgan fingerprint density at radius 1 is 0.971 bits per heavy atom. The van der Waals surface area contributed by atoms with E-state index in [1.165, 1.54) is 11.0 Å². The number of carbonyl (C=O) groups is 3. The molecule has 0 atom stereocenters. The van der Waals surface area contributed by atoms with Crippen molar-refractivity contribution in [3.8, 4) is 0 Å². The van der Waals surface area contributed by atoms with E-state index in [9.17, 15) is 18.8 Å². The highest BCUT2D eigenvalue weighted by Gasteiger charge is 2.32. The predicted molar refractivity (Wildman–Crippen MR) is 127 cm³/mol. The molecule has 0 bridgehead atoms. The number of anilines is 2. The van der Waals surface area contributed by atoms with Crippen molar-refractivity contribution in [2.24, 2.45) is 0 Å². The van der Waals surface area contributed by atoms with Gasteiger partial charge in [-0.2, -0.15) is 0 Å². The smallest absolute Gasteiger partial charge is 0.261 e. The van der Waals surface area contributed by atoms with Gasteiger partial charge in [0.2, 0.25) is 5.91 Å². The molecule has 174 valence electrons. The number of ether oxygens (including phenoxy) is 1. The van der Waals surface area contributed by atoms with Gasteiger partial charge in [-0.15, -0.1) is 0 Å². The lowest BCUT2D eigenvalue weighted by Gasteiger charge is -2.29. The van der Waals surface area contributed by atoms with E-state index in [1.807, 2.05) is 17.0 Å². The molecule has 0 spiro atoms. The fourth-order valence-corrected chi connectivity index (χ4v) is 4.55. The Balaban J connectivity index is 1.19. The quantitative estimate of drug-likeness (QED) is 0.565. The largest absolute Gasteiger partial charge is 0.378 e. The third-order valence-electron chi connectivity index (χ3n) is 6.22. The van der Waals surface area contributed by atoms with Crippen LogP contribution in [0.1, 0.15) is 33.6 Å². The van der Waals surface area contributed by atoms with Gasteiger partial charge in [0.05, 0.1) is 18.9 Å². The first kappa shape index (κ1) is 22.0. The van der Waals surface area contributed by atoms with E-state index in [0.717, 1.165) is 5.39 Å². The Labute approximate surface area is 196 Å². The summed E-state index contributed by atoms with van der Waals surface area (Å²) in [5.74, 6) is -1.42. The Bertz CT molecular complexity index is 1240. The van der Waals surface area contributed by atoms with Crippen molar-refractivity contribution in [2.45, 2.75) is 12.8 Å². The molecule has 0 saturated carbocycles. The molecular formula is C26H24FN3O4. The van der Waals surface area contributed by atoms with Crippen LogP contribution in [0.25, 0.3) is 10.8 Å². The summed E-state index contributed by atoms with van der Waals surface area (Å²) in [6.07, 6.45) is 0.394. The molecule has 5 rings (SSSR count). The van der Waals surface area contributed by atoms with Gasteiger partial charge >= 0.3 is 0 Å². The van der Waals surface area contributed by atoms with Crippen molar-refractivity contribution < 1.29 is 23.5 Å². The predicted octanol–water partition coefficient (Wildman–Crippen LogP) is 3.83. The van der Waals surface area contributed by atoms with Crippen LogP contribution in [0, 0.1) is 5.82 Å². The SMILES string of the molecule is O=C(CCCN1C(=O)c2cccc3cccc(c23)C1=O)Nc1ccc(N2CCOCC2)c(F)c1. The van der Waals surface area contributed by atoms with E-state index in [2.05, 4.69) is 5.32 Å². The number of benzene rings is 3. The van der Waals surface area contributed by atoms with Crippen LogP contribution in [0.5, 0.6) is 0 Å². The average molecular weight is 461 g/mol. The van der Waals surface area contributed by atoms with Crippen molar-refractivity contribution in [3.63, 3.8) is 0 Å². The first-order valence-corrected chi connectivity index (χ1v) is 11.3. The summed E-state index contributed by atoms with van der Waals surface area (Å²) in [7, 11) is 0. The van der Waals surface area contributed by atoms with Crippen LogP contribution >= 0.6 is 0 Å². The van der Waals surface area contributed by atoms with E-state index < -0.39 is 5.82 Å². The van der Waals surface area contributed by atoms with Gasteiger partial charge < -0.3 is 15.0 Å². The number of rotatable bonds is 6. The second-order valence-electron chi connectivity index (χ2n) is 8.39. The zero-order valence-corrected chi connectivity index (χ0v) is 18.6. The lowest BCUT2D eigenvalue weighted by molar-refractivity contribution is -0.116. The molecule has 2 aliphatic heterocycles. The number of nitrogens with zero attached hydrogens (tertiary/aromatic N) is 2. The molecule has 0 unspecified atom stereocenters. The fraction of sp³-hybridized carbons (Fsp3) is 0.269. The van der Waals surface area contributed by atoms with Crippen molar-refractivity contribution in [2.75, 3.05) is 43.1 Å². The molecule has 1 fully saturated rings. The number of imide groups is 1. The Kier molecular flexibility index (Phi) is 5.98. The third kappa shape index (κ3) is 4.12. The number of amides is 3. The molecule has 3 amide bonds. The lowest BCUT2D eigenvalue weighted by atomic mass is 9.94. The number of morpholine rings is 1. The Morgan fingerprint density at radius 3 is 2.29 bits per heavy atom. The van der Waals surface area contributed by atoms with Gasteiger partial charge in [-0.05, 0) is 42.1 Å². The first-order chi connectivity index (χ1) is 16.5. The molecule has 34 heavy (non-hydrogen) atoms. The van der Waals surface area contributed by atoms with Crippen LogP contribution in [0.2, 0.25) is 0 Å². The summed E-state index contributed by atoms with van der Waals surface area (Å²) in [6, 6.07) is 15.4. The minimum absolute atomic E-state index is 0.0930. The fourth-order valence-electron chi connectivity index (χ4n) is 4.55. The second kappa shape index (κ2) is 9.23. The molecule has 3 aromatic carbocycles. The molecule has 3 aromatic rings. The zero-order valence-electron chi connectivity index (χ0n) is 18.6. The molecule has 8 heteroatoms. The highest BCUT2D eigenvalue weighted by atomic mass is 19.1.